The van der Waals surface area contributed by atoms with Gasteiger partial charge in [0, 0.05) is 6.61 Å². The van der Waals surface area contributed by atoms with Crippen molar-refractivity contribution >= 4 is 5.97 Å². The van der Waals surface area contributed by atoms with Crippen LogP contribution in [0.15, 0.2) is 0 Å². The molecule has 74 valence electrons. The summed E-state index contributed by atoms with van der Waals surface area (Å²) in [5.41, 5.74) is 0. The largest absolute Gasteiger partial charge is 0.481 e. The Labute approximate surface area is 78.1 Å². The molecule has 3 nitrogen and oxygen atoms in total. The first-order valence-electron chi connectivity index (χ1n) is 5.09. The summed E-state index contributed by atoms with van der Waals surface area (Å²) in [7, 11) is 0. The lowest BCUT2D eigenvalue weighted by atomic mass is 9.84. The van der Waals surface area contributed by atoms with E-state index in [0.717, 1.165) is 32.3 Å². The Balaban J connectivity index is 1.96. The van der Waals surface area contributed by atoms with Crippen molar-refractivity contribution in [2.24, 2.45) is 17.8 Å². The Morgan fingerprint density at radius 2 is 2.08 bits per heavy atom. The first-order chi connectivity index (χ1) is 6.29. The van der Waals surface area contributed by atoms with Crippen molar-refractivity contribution in [3.8, 4) is 0 Å². The number of carboxylic acids is 1. The summed E-state index contributed by atoms with van der Waals surface area (Å²) < 4.78 is 5.33. The lowest BCUT2D eigenvalue weighted by Crippen LogP contribution is -2.31. The summed E-state index contributed by atoms with van der Waals surface area (Å²) in [5.74, 6) is -0.0127. The van der Waals surface area contributed by atoms with Crippen LogP contribution in [0.4, 0.5) is 0 Å². The van der Waals surface area contributed by atoms with Crippen LogP contribution < -0.4 is 0 Å². The van der Waals surface area contributed by atoms with Gasteiger partial charge in [-0.15, -0.1) is 0 Å². The molecule has 13 heavy (non-hydrogen) atoms. The van der Waals surface area contributed by atoms with Crippen molar-refractivity contribution in [3.05, 3.63) is 0 Å². The van der Waals surface area contributed by atoms with Crippen LogP contribution in [0.5, 0.6) is 0 Å². The third-order valence-corrected chi connectivity index (χ3v) is 3.12. The molecule has 0 aromatic heterocycles. The third-order valence-electron chi connectivity index (χ3n) is 3.12. The van der Waals surface area contributed by atoms with E-state index in [1.807, 2.05) is 0 Å². The highest BCUT2D eigenvalue weighted by Crippen LogP contribution is 2.42. The van der Waals surface area contributed by atoms with Crippen molar-refractivity contribution < 1.29 is 14.6 Å². The average Bonchev–Trinajstić information content (AvgIpc) is 2.90. The summed E-state index contributed by atoms with van der Waals surface area (Å²) in [6.07, 6.45) is 4.27. The molecule has 0 amide bonds. The topological polar surface area (TPSA) is 46.5 Å². The molecule has 0 aromatic rings. The number of rotatable bonds is 3. The van der Waals surface area contributed by atoms with Crippen LogP contribution in [-0.4, -0.2) is 24.3 Å². The molecule has 1 saturated carbocycles. The van der Waals surface area contributed by atoms with E-state index in [1.165, 1.54) is 0 Å². The van der Waals surface area contributed by atoms with E-state index in [0.29, 0.717) is 12.5 Å². The highest BCUT2D eigenvalue weighted by atomic mass is 16.5. The van der Waals surface area contributed by atoms with E-state index in [4.69, 9.17) is 9.84 Å². The Morgan fingerprint density at radius 1 is 1.31 bits per heavy atom. The van der Waals surface area contributed by atoms with Gasteiger partial charge in [-0.05, 0) is 37.5 Å². The molecule has 1 saturated heterocycles. The lowest BCUT2D eigenvalue weighted by molar-refractivity contribution is -0.146. The molecule has 1 heterocycles. The summed E-state index contributed by atoms with van der Waals surface area (Å²) in [6.45, 7) is 1.47. The fourth-order valence-corrected chi connectivity index (χ4v) is 2.29. The maximum Gasteiger partial charge on any atom is 0.307 e. The fourth-order valence-electron chi connectivity index (χ4n) is 2.29. The summed E-state index contributed by atoms with van der Waals surface area (Å²) in [5, 5.41) is 9.08. The normalized spacial score (nSPS) is 31.2. The van der Waals surface area contributed by atoms with Gasteiger partial charge in [-0.1, -0.05) is 0 Å². The van der Waals surface area contributed by atoms with Crippen molar-refractivity contribution in [2.75, 3.05) is 13.2 Å². The van der Waals surface area contributed by atoms with Gasteiger partial charge in [0.2, 0.25) is 0 Å². The highest BCUT2D eigenvalue weighted by Gasteiger charge is 2.41. The van der Waals surface area contributed by atoms with Crippen molar-refractivity contribution in [3.63, 3.8) is 0 Å². The zero-order chi connectivity index (χ0) is 9.26. The molecule has 1 N–H and O–H groups in total. The van der Waals surface area contributed by atoms with Crippen LogP contribution in [-0.2, 0) is 9.53 Å². The molecule has 2 rings (SSSR count). The second-order valence-electron chi connectivity index (χ2n) is 4.18. The highest BCUT2D eigenvalue weighted by molar-refractivity contribution is 5.71. The molecule has 0 aromatic carbocycles. The van der Waals surface area contributed by atoms with Crippen LogP contribution in [0.2, 0.25) is 0 Å². The minimum Gasteiger partial charge on any atom is -0.481 e. The molecule has 2 unspecified atom stereocenters. The van der Waals surface area contributed by atoms with E-state index >= 15 is 0 Å². The molecule has 0 spiro atoms. The molecule has 0 radical (unpaired) electrons. The number of hydrogen-bond acceptors (Lipinski definition) is 2. The first-order valence-corrected chi connectivity index (χ1v) is 5.09. The van der Waals surface area contributed by atoms with Crippen LogP contribution in [0.1, 0.15) is 25.7 Å². The van der Waals surface area contributed by atoms with Gasteiger partial charge in [0.05, 0.1) is 12.5 Å². The molecule has 3 heteroatoms. The van der Waals surface area contributed by atoms with Gasteiger partial charge in [0.25, 0.3) is 0 Å². The average molecular weight is 184 g/mol. The predicted molar refractivity (Wildman–Crippen MR) is 47.4 cm³/mol. The second kappa shape index (κ2) is 3.66. The van der Waals surface area contributed by atoms with Gasteiger partial charge in [0.15, 0.2) is 0 Å². The maximum absolute atomic E-state index is 11.0. The number of hydrogen-bond donors (Lipinski definition) is 1. The maximum atomic E-state index is 11.0. The van der Waals surface area contributed by atoms with Gasteiger partial charge in [-0.25, -0.2) is 0 Å². The second-order valence-corrected chi connectivity index (χ2v) is 4.18. The zero-order valence-corrected chi connectivity index (χ0v) is 7.74. The van der Waals surface area contributed by atoms with Crippen LogP contribution in [0, 0.1) is 17.8 Å². The van der Waals surface area contributed by atoms with E-state index in [9.17, 15) is 4.79 Å². The standard InChI is InChI=1S/C10H16O3/c11-10(12)9(7-3-4-7)8-2-1-5-13-6-8/h7-9H,1-6H2,(H,11,12). The molecule has 0 bridgehead atoms. The van der Waals surface area contributed by atoms with E-state index < -0.39 is 5.97 Å². The van der Waals surface area contributed by atoms with E-state index in [-0.39, 0.29) is 11.8 Å². The Kier molecular flexibility index (Phi) is 2.54. The van der Waals surface area contributed by atoms with Gasteiger partial charge in [0.1, 0.15) is 0 Å². The molecular formula is C10H16O3. The molecular weight excluding hydrogens is 168 g/mol. The fraction of sp³-hybridized carbons (Fsp3) is 0.900. The minimum atomic E-state index is -0.613. The predicted octanol–water partition coefficient (Wildman–Crippen LogP) is 1.52. The molecule has 2 atom stereocenters. The van der Waals surface area contributed by atoms with E-state index in [2.05, 4.69) is 0 Å². The Hall–Kier alpha value is -0.570. The van der Waals surface area contributed by atoms with Gasteiger partial charge in [-0.2, -0.15) is 0 Å². The van der Waals surface area contributed by atoms with Crippen LogP contribution in [0.3, 0.4) is 0 Å². The summed E-state index contributed by atoms with van der Waals surface area (Å²) in [6, 6.07) is 0. The van der Waals surface area contributed by atoms with Gasteiger partial charge >= 0.3 is 5.97 Å². The summed E-state index contributed by atoms with van der Waals surface area (Å²) in [4.78, 5) is 11.0. The monoisotopic (exact) mass is 184 g/mol. The van der Waals surface area contributed by atoms with Crippen molar-refractivity contribution in [1.29, 1.82) is 0 Å². The smallest absolute Gasteiger partial charge is 0.307 e. The number of carboxylic acid groups (broad SMARTS) is 1. The van der Waals surface area contributed by atoms with Gasteiger partial charge < -0.3 is 9.84 Å². The third kappa shape index (κ3) is 2.02. The van der Waals surface area contributed by atoms with E-state index in [1.54, 1.807) is 0 Å². The molecule has 1 aliphatic heterocycles. The van der Waals surface area contributed by atoms with Crippen LogP contribution >= 0.6 is 0 Å². The zero-order valence-electron chi connectivity index (χ0n) is 7.74. The van der Waals surface area contributed by atoms with Gasteiger partial charge in [-0.3, -0.25) is 4.79 Å². The quantitative estimate of drug-likeness (QED) is 0.723. The van der Waals surface area contributed by atoms with Crippen molar-refractivity contribution in [2.45, 2.75) is 25.7 Å². The van der Waals surface area contributed by atoms with Crippen molar-refractivity contribution in [1.82, 2.24) is 0 Å². The Morgan fingerprint density at radius 3 is 2.54 bits per heavy atom. The lowest BCUT2D eigenvalue weighted by Gasteiger charge is -2.27. The SMILES string of the molecule is O=C(O)C(C1CC1)C1CCCOC1. The number of carbonyl (C=O) groups is 1. The van der Waals surface area contributed by atoms with Crippen LogP contribution in [0.25, 0.3) is 0 Å². The summed E-state index contributed by atoms with van der Waals surface area (Å²) >= 11 is 0. The molecule has 1 aliphatic carbocycles. The molecule has 2 fully saturated rings. The number of aliphatic carboxylic acids is 1. The first kappa shape index (κ1) is 9.00. The number of ether oxygens (including phenoxy) is 1. The minimum absolute atomic E-state index is 0.125. The molecule has 2 aliphatic rings. The Bertz CT molecular complexity index is 192.